The maximum absolute atomic E-state index is 13.6. The normalized spacial score (nSPS) is 14.6. The lowest BCUT2D eigenvalue weighted by atomic mass is 10.1. The summed E-state index contributed by atoms with van der Waals surface area (Å²) in [5.41, 5.74) is 1.78. The van der Waals surface area contributed by atoms with Gasteiger partial charge in [-0.25, -0.2) is 8.78 Å². The molecule has 0 aromatic heterocycles. The SMILES string of the molecule is C[C@@H](C(=O)Nc1c(F)cccc1F)N1CCc2ccccc21. The Balaban J connectivity index is 1.79. The first-order chi connectivity index (χ1) is 10.6. The first kappa shape index (κ1) is 14.5. The van der Waals surface area contributed by atoms with Crippen LogP contribution >= 0.6 is 0 Å². The maximum Gasteiger partial charge on any atom is 0.246 e. The average Bonchev–Trinajstić information content (AvgIpc) is 2.94. The van der Waals surface area contributed by atoms with E-state index in [4.69, 9.17) is 0 Å². The summed E-state index contributed by atoms with van der Waals surface area (Å²) < 4.78 is 27.2. The Labute approximate surface area is 127 Å². The number of halogens is 2. The van der Waals surface area contributed by atoms with Gasteiger partial charge in [0.1, 0.15) is 23.4 Å². The minimum Gasteiger partial charge on any atom is -0.359 e. The molecule has 3 rings (SSSR count). The summed E-state index contributed by atoms with van der Waals surface area (Å²) in [5, 5.41) is 2.36. The Morgan fingerprint density at radius 3 is 2.55 bits per heavy atom. The van der Waals surface area contributed by atoms with Gasteiger partial charge >= 0.3 is 0 Å². The van der Waals surface area contributed by atoms with Crippen LogP contribution < -0.4 is 10.2 Å². The van der Waals surface area contributed by atoms with E-state index in [1.54, 1.807) is 6.92 Å². The molecular weight excluding hydrogens is 286 g/mol. The molecule has 2 aromatic rings. The Morgan fingerprint density at radius 2 is 1.82 bits per heavy atom. The third-order valence-electron chi connectivity index (χ3n) is 3.98. The van der Waals surface area contributed by atoms with Crippen LogP contribution in [0.25, 0.3) is 0 Å². The average molecular weight is 302 g/mol. The highest BCUT2D eigenvalue weighted by molar-refractivity contribution is 5.97. The van der Waals surface area contributed by atoms with Crippen molar-refractivity contribution in [3.63, 3.8) is 0 Å². The van der Waals surface area contributed by atoms with Crippen LogP contribution in [0, 0.1) is 11.6 Å². The molecule has 0 unspecified atom stereocenters. The first-order valence-corrected chi connectivity index (χ1v) is 7.17. The van der Waals surface area contributed by atoms with E-state index in [0.717, 1.165) is 24.2 Å². The summed E-state index contributed by atoms with van der Waals surface area (Å²) in [6.07, 6.45) is 0.863. The molecule has 0 saturated heterocycles. The number of carbonyl (C=O) groups is 1. The highest BCUT2D eigenvalue weighted by Gasteiger charge is 2.28. The Bertz CT molecular complexity index is 697. The summed E-state index contributed by atoms with van der Waals surface area (Å²) in [7, 11) is 0. The fourth-order valence-corrected chi connectivity index (χ4v) is 2.75. The molecule has 1 N–H and O–H groups in total. The summed E-state index contributed by atoms with van der Waals surface area (Å²) in [5.74, 6) is -1.98. The molecule has 0 spiro atoms. The molecule has 0 bridgehead atoms. The van der Waals surface area contributed by atoms with Crippen LogP contribution in [0.15, 0.2) is 42.5 Å². The molecule has 0 fully saturated rings. The van der Waals surface area contributed by atoms with Gasteiger partial charge in [0.15, 0.2) is 0 Å². The lowest BCUT2D eigenvalue weighted by molar-refractivity contribution is -0.117. The molecule has 2 aromatic carbocycles. The second-order valence-electron chi connectivity index (χ2n) is 5.33. The van der Waals surface area contributed by atoms with Gasteiger partial charge in [-0.05, 0) is 37.1 Å². The molecule has 3 nitrogen and oxygen atoms in total. The number of carbonyl (C=O) groups excluding carboxylic acids is 1. The molecule has 22 heavy (non-hydrogen) atoms. The second kappa shape index (κ2) is 5.75. The standard InChI is InChI=1S/C17H16F2N2O/c1-11(21-10-9-12-5-2-3-8-15(12)21)17(22)20-16-13(18)6-4-7-14(16)19/h2-8,11H,9-10H2,1H3,(H,20,22)/t11-/m0/s1. The number of para-hydroxylation sites is 2. The van der Waals surface area contributed by atoms with Crippen LogP contribution in [-0.4, -0.2) is 18.5 Å². The van der Waals surface area contributed by atoms with Crippen molar-refractivity contribution in [3.8, 4) is 0 Å². The van der Waals surface area contributed by atoms with Gasteiger partial charge < -0.3 is 10.2 Å². The highest BCUT2D eigenvalue weighted by atomic mass is 19.1. The molecule has 0 aliphatic carbocycles. The molecule has 1 amide bonds. The van der Waals surface area contributed by atoms with Crippen molar-refractivity contribution in [1.29, 1.82) is 0 Å². The van der Waals surface area contributed by atoms with Gasteiger partial charge in [0.2, 0.25) is 5.91 Å². The lowest BCUT2D eigenvalue weighted by Gasteiger charge is -2.26. The zero-order valence-corrected chi connectivity index (χ0v) is 12.1. The number of amides is 1. The van der Waals surface area contributed by atoms with E-state index in [9.17, 15) is 13.6 Å². The number of fused-ring (bicyclic) bond motifs is 1. The van der Waals surface area contributed by atoms with Gasteiger partial charge in [0, 0.05) is 12.2 Å². The molecule has 0 radical (unpaired) electrons. The summed E-state index contributed by atoms with van der Waals surface area (Å²) >= 11 is 0. The van der Waals surface area contributed by atoms with Crippen molar-refractivity contribution in [3.05, 3.63) is 59.7 Å². The zero-order valence-electron chi connectivity index (χ0n) is 12.1. The molecule has 1 aliphatic rings. The van der Waals surface area contributed by atoms with Gasteiger partial charge in [-0.2, -0.15) is 0 Å². The van der Waals surface area contributed by atoms with E-state index >= 15 is 0 Å². The largest absolute Gasteiger partial charge is 0.359 e. The predicted octanol–water partition coefficient (Wildman–Crippen LogP) is 3.35. The third-order valence-corrected chi connectivity index (χ3v) is 3.98. The van der Waals surface area contributed by atoms with Crippen molar-refractivity contribution in [1.82, 2.24) is 0 Å². The Kier molecular flexibility index (Phi) is 3.79. The van der Waals surface area contributed by atoms with Gasteiger partial charge in [-0.15, -0.1) is 0 Å². The summed E-state index contributed by atoms with van der Waals surface area (Å²) in [6.45, 7) is 2.45. The van der Waals surface area contributed by atoms with Crippen molar-refractivity contribution >= 4 is 17.3 Å². The van der Waals surface area contributed by atoms with Gasteiger partial charge in [0.25, 0.3) is 0 Å². The van der Waals surface area contributed by atoms with Crippen LogP contribution in [0.2, 0.25) is 0 Å². The molecule has 1 atom stereocenters. The zero-order chi connectivity index (χ0) is 15.7. The van der Waals surface area contributed by atoms with E-state index in [1.807, 2.05) is 29.2 Å². The van der Waals surface area contributed by atoms with E-state index in [-0.39, 0.29) is 0 Å². The first-order valence-electron chi connectivity index (χ1n) is 7.17. The van der Waals surface area contributed by atoms with Crippen molar-refractivity contribution in [2.45, 2.75) is 19.4 Å². The molecular formula is C17H16F2N2O. The second-order valence-corrected chi connectivity index (χ2v) is 5.33. The van der Waals surface area contributed by atoms with Crippen LogP contribution in [0.4, 0.5) is 20.2 Å². The topological polar surface area (TPSA) is 32.3 Å². The number of benzene rings is 2. The monoisotopic (exact) mass is 302 g/mol. The van der Waals surface area contributed by atoms with Crippen LogP contribution in [-0.2, 0) is 11.2 Å². The van der Waals surface area contributed by atoms with E-state index < -0.39 is 29.3 Å². The number of hydrogen-bond acceptors (Lipinski definition) is 2. The predicted molar refractivity (Wildman–Crippen MR) is 81.9 cm³/mol. The van der Waals surface area contributed by atoms with E-state index in [2.05, 4.69) is 5.32 Å². The summed E-state index contributed by atoms with van der Waals surface area (Å²) in [6, 6.07) is 10.8. The van der Waals surface area contributed by atoms with E-state index in [0.29, 0.717) is 6.54 Å². The van der Waals surface area contributed by atoms with Crippen LogP contribution in [0.5, 0.6) is 0 Å². The summed E-state index contributed by atoms with van der Waals surface area (Å²) in [4.78, 5) is 14.3. The van der Waals surface area contributed by atoms with Gasteiger partial charge in [0.05, 0.1) is 0 Å². The van der Waals surface area contributed by atoms with Crippen molar-refractivity contribution in [2.75, 3.05) is 16.8 Å². The fourth-order valence-electron chi connectivity index (χ4n) is 2.75. The molecule has 1 aliphatic heterocycles. The number of nitrogens with zero attached hydrogens (tertiary/aromatic N) is 1. The number of rotatable bonds is 3. The fraction of sp³-hybridized carbons (Fsp3) is 0.235. The van der Waals surface area contributed by atoms with Crippen LogP contribution in [0.3, 0.4) is 0 Å². The maximum atomic E-state index is 13.6. The van der Waals surface area contributed by atoms with Crippen LogP contribution in [0.1, 0.15) is 12.5 Å². The Hall–Kier alpha value is -2.43. The van der Waals surface area contributed by atoms with Gasteiger partial charge in [-0.3, -0.25) is 4.79 Å². The Morgan fingerprint density at radius 1 is 1.14 bits per heavy atom. The quantitative estimate of drug-likeness (QED) is 0.943. The lowest BCUT2D eigenvalue weighted by Crippen LogP contribution is -2.41. The highest BCUT2D eigenvalue weighted by Crippen LogP contribution is 2.29. The number of hydrogen-bond donors (Lipinski definition) is 1. The number of nitrogens with one attached hydrogen (secondary N) is 1. The molecule has 0 saturated carbocycles. The van der Waals surface area contributed by atoms with Crippen molar-refractivity contribution in [2.24, 2.45) is 0 Å². The minimum atomic E-state index is -0.776. The van der Waals surface area contributed by atoms with E-state index in [1.165, 1.54) is 11.6 Å². The molecule has 1 heterocycles. The third kappa shape index (κ3) is 2.54. The smallest absolute Gasteiger partial charge is 0.246 e. The minimum absolute atomic E-state index is 0.396. The van der Waals surface area contributed by atoms with Gasteiger partial charge in [-0.1, -0.05) is 24.3 Å². The number of anilines is 2. The molecule has 114 valence electrons. The molecule has 5 heteroatoms. The van der Waals surface area contributed by atoms with Crippen molar-refractivity contribution < 1.29 is 13.6 Å².